The lowest BCUT2D eigenvalue weighted by molar-refractivity contribution is 0.0935. The molecule has 1 amide bonds. The van der Waals surface area contributed by atoms with Gasteiger partial charge in [0.15, 0.2) is 0 Å². The highest BCUT2D eigenvalue weighted by Crippen LogP contribution is 2.20. The molecule has 3 aromatic rings. The van der Waals surface area contributed by atoms with Gasteiger partial charge in [0, 0.05) is 18.0 Å². The number of hydrogen-bond acceptors (Lipinski definition) is 3. The van der Waals surface area contributed by atoms with E-state index < -0.39 is 0 Å². The van der Waals surface area contributed by atoms with Crippen LogP contribution in [-0.2, 0) is 0 Å². The number of carbonyl (C=O) groups is 1. The predicted octanol–water partition coefficient (Wildman–Crippen LogP) is 3.76. The van der Waals surface area contributed by atoms with E-state index in [1.165, 1.54) is 0 Å². The molecule has 1 aromatic heterocycles. The quantitative estimate of drug-likeness (QED) is 0.746. The number of methoxy groups -OCH3 is 1. The monoisotopic (exact) mass is 335 g/mol. The summed E-state index contributed by atoms with van der Waals surface area (Å²) >= 11 is 0. The van der Waals surface area contributed by atoms with Crippen LogP contribution in [0.25, 0.3) is 5.69 Å². The van der Waals surface area contributed by atoms with Crippen molar-refractivity contribution in [3.05, 3.63) is 78.1 Å². The minimum absolute atomic E-state index is 0.0378. The fourth-order valence-electron chi connectivity index (χ4n) is 2.69. The fourth-order valence-corrected chi connectivity index (χ4v) is 2.69. The maximum absolute atomic E-state index is 12.5. The average Bonchev–Trinajstić information content (AvgIpc) is 3.21. The minimum Gasteiger partial charge on any atom is -0.497 e. The largest absolute Gasteiger partial charge is 0.497 e. The van der Waals surface area contributed by atoms with E-state index in [1.807, 2.05) is 60.8 Å². The number of benzene rings is 2. The van der Waals surface area contributed by atoms with Gasteiger partial charge in [-0.1, -0.05) is 19.1 Å². The van der Waals surface area contributed by atoms with E-state index in [0.29, 0.717) is 5.56 Å². The summed E-state index contributed by atoms with van der Waals surface area (Å²) in [6.45, 7) is 2.05. The third-order valence-electron chi connectivity index (χ3n) is 4.13. The Labute approximate surface area is 147 Å². The zero-order valence-corrected chi connectivity index (χ0v) is 14.3. The molecule has 1 heterocycles. The summed E-state index contributed by atoms with van der Waals surface area (Å²) in [6.07, 6.45) is 4.40. The number of nitrogens with one attached hydrogen (secondary N) is 1. The van der Waals surface area contributed by atoms with E-state index in [1.54, 1.807) is 18.0 Å². The second-order valence-electron chi connectivity index (χ2n) is 5.70. The summed E-state index contributed by atoms with van der Waals surface area (Å²) in [6, 6.07) is 17.0. The van der Waals surface area contributed by atoms with Crippen molar-refractivity contribution in [3.8, 4) is 11.4 Å². The van der Waals surface area contributed by atoms with Crippen molar-refractivity contribution in [1.29, 1.82) is 0 Å². The first-order valence-electron chi connectivity index (χ1n) is 8.26. The number of nitrogens with zero attached hydrogens (tertiary/aromatic N) is 2. The van der Waals surface area contributed by atoms with Gasteiger partial charge in [-0.05, 0) is 54.4 Å². The van der Waals surface area contributed by atoms with Crippen LogP contribution in [0.1, 0.15) is 35.3 Å². The van der Waals surface area contributed by atoms with E-state index in [-0.39, 0.29) is 11.9 Å². The molecule has 5 heteroatoms. The number of hydrogen-bond donors (Lipinski definition) is 1. The first kappa shape index (κ1) is 16.8. The van der Waals surface area contributed by atoms with Crippen molar-refractivity contribution in [3.63, 3.8) is 0 Å². The smallest absolute Gasteiger partial charge is 0.251 e. The molecule has 0 saturated heterocycles. The van der Waals surface area contributed by atoms with Gasteiger partial charge in [-0.15, -0.1) is 0 Å². The summed E-state index contributed by atoms with van der Waals surface area (Å²) in [5.41, 5.74) is 2.61. The number of carbonyl (C=O) groups excluding carboxylic acids is 1. The highest BCUT2D eigenvalue weighted by molar-refractivity contribution is 5.94. The summed E-state index contributed by atoms with van der Waals surface area (Å²) in [5.74, 6) is 0.717. The van der Waals surface area contributed by atoms with Crippen LogP contribution in [0.15, 0.2) is 67.0 Å². The minimum atomic E-state index is -0.0883. The number of rotatable bonds is 6. The third kappa shape index (κ3) is 3.88. The molecule has 2 aromatic carbocycles. The molecule has 0 radical (unpaired) electrons. The summed E-state index contributed by atoms with van der Waals surface area (Å²) in [5, 5.41) is 7.27. The van der Waals surface area contributed by atoms with Crippen LogP contribution < -0.4 is 10.1 Å². The van der Waals surface area contributed by atoms with Crippen LogP contribution in [0.4, 0.5) is 0 Å². The highest BCUT2D eigenvalue weighted by Gasteiger charge is 2.14. The Morgan fingerprint density at radius 2 is 1.88 bits per heavy atom. The van der Waals surface area contributed by atoms with Gasteiger partial charge in [-0.3, -0.25) is 4.79 Å². The van der Waals surface area contributed by atoms with Crippen molar-refractivity contribution < 1.29 is 9.53 Å². The second-order valence-corrected chi connectivity index (χ2v) is 5.70. The van der Waals surface area contributed by atoms with Gasteiger partial charge in [-0.25, -0.2) is 4.68 Å². The van der Waals surface area contributed by atoms with Gasteiger partial charge in [0.25, 0.3) is 5.91 Å². The number of amides is 1. The molecule has 0 saturated carbocycles. The SMILES string of the molecule is CC[C@@H](NC(=O)c1ccc(-n2cccn2)cc1)c1ccc(OC)cc1. The molecule has 25 heavy (non-hydrogen) atoms. The normalized spacial score (nSPS) is 11.8. The summed E-state index contributed by atoms with van der Waals surface area (Å²) in [7, 11) is 1.64. The van der Waals surface area contributed by atoms with Crippen molar-refractivity contribution in [2.75, 3.05) is 7.11 Å². The van der Waals surface area contributed by atoms with E-state index in [2.05, 4.69) is 17.3 Å². The summed E-state index contributed by atoms with van der Waals surface area (Å²) in [4.78, 5) is 12.5. The zero-order valence-electron chi connectivity index (χ0n) is 14.3. The molecule has 0 aliphatic carbocycles. The maximum atomic E-state index is 12.5. The Kier molecular flexibility index (Phi) is 5.14. The van der Waals surface area contributed by atoms with E-state index in [4.69, 9.17) is 4.74 Å². The lowest BCUT2D eigenvalue weighted by Crippen LogP contribution is -2.28. The number of ether oxygens (including phenoxy) is 1. The van der Waals surface area contributed by atoms with Crippen LogP contribution in [0.2, 0.25) is 0 Å². The first-order chi connectivity index (χ1) is 12.2. The van der Waals surface area contributed by atoms with Crippen LogP contribution in [-0.4, -0.2) is 22.8 Å². The van der Waals surface area contributed by atoms with Crippen LogP contribution >= 0.6 is 0 Å². The van der Waals surface area contributed by atoms with Crippen molar-refractivity contribution in [1.82, 2.24) is 15.1 Å². The van der Waals surface area contributed by atoms with Gasteiger partial charge in [0.2, 0.25) is 0 Å². The van der Waals surface area contributed by atoms with Crippen LogP contribution in [0.3, 0.4) is 0 Å². The van der Waals surface area contributed by atoms with Gasteiger partial charge < -0.3 is 10.1 Å². The van der Waals surface area contributed by atoms with E-state index in [0.717, 1.165) is 23.4 Å². The topological polar surface area (TPSA) is 56.2 Å². The lowest BCUT2D eigenvalue weighted by atomic mass is 10.0. The van der Waals surface area contributed by atoms with E-state index in [9.17, 15) is 4.79 Å². The Morgan fingerprint density at radius 3 is 2.44 bits per heavy atom. The van der Waals surface area contributed by atoms with Crippen LogP contribution in [0, 0.1) is 0 Å². The Morgan fingerprint density at radius 1 is 1.16 bits per heavy atom. The van der Waals surface area contributed by atoms with Crippen LogP contribution in [0.5, 0.6) is 5.75 Å². The van der Waals surface area contributed by atoms with Crippen molar-refractivity contribution >= 4 is 5.91 Å². The van der Waals surface area contributed by atoms with Crippen molar-refractivity contribution in [2.45, 2.75) is 19.4 Å². The molecule has 3 rings (SSSR count). The molecule has 0 aliphatic rings. The second kappa shape index (κ2) is 7.66. The standard InChI is InChI=1S/C20H21N3O2/c1-3-19(15-7-11-18(25-2)12-8-15)22-20(24)16-5-9-17(10-6-16)23-14-4-13-21-23/h4-14,19H,3H2,1-2H3,(H,22,24)/t19-/m1/s1. The summed E-state index contributed by atoms with van der Waals surface area (Å²) < 4.78 is 6.94. The maximum Gasteiger partial charge on any atom is 0.251 e. The molecule has 0 spiro atoms. The highest BCUT2D eigenvalue weighted by atomic mass is 16.5. The van der Waals surface area contributed by atoms with E-state index >= 15 is 0 Å². The molecule has 128 valence electrons. The third-order valence-corrected chi connectivity index (χ3v) is 4.13. The van der Waals surface area contributed by atoms with Gasteiger partial charge in [0.05, 0.1) is 18.8 Å². The molecule has 1 N–H and O–H groups in total. The molecule has 0 aliphatic heterocycles. The Balaban J connectivity index is 1.71. The van der Waals surface area contributed by atoms with Crippen molar-refractivity contribution in [2.24, 2.45) is 0 Å². The molecular formula is C20H21N3O2. The molecule has 0 fully saturated rings. The first-order valence-corrected chi connectivity index (χ1v) is 8.26. The predicted molar refractivity (Wildman–Crippen MR) is 97.1 cm³/mol. The molecule has 1 atom stereocenters. The lowest BCUT2D eigenvalue weighted by Gasteiger charge is -2.18. The molecule has 0 unspecified atom stereocenters. The molecule has 5 nitrogen and oxygen atoms in total. The fraction of sp³-hybridized carbons (Fsp3) is 0.200. The van der Waals surface area contributed by atoms with Gasteiger partial charge >= 0.3 is 0 Å². The molecule has 0 bridgehead atoms. The Hall–Kier alpha value is -3.08. The average molecular weight is 335 g/mol. The zero-order chi connectivity index (χ0) is 17.6. The Bertz CT molecular complexity index is 809. The molecular weight excluding hydrogens is 314 g/mol. The number of aromatic nitrogens is 2. The van der Waals surface area contributed by atoms with Gasteiger partial charge in [-0.2, -0.15) is 5.10 Å². The van der Waals surface area contributed by atoms with Gasteiger partial charge in [0.1, 0.15) is 5.75 Å².